The number of carbonyl (C=O) groups excluding carboxylic acids is 7. The number of halogens is 6. The minimum absolute atomic E-state index is 0. The number of unbranched alkanes of at least 4 members (excludes halogenated alkanes) is 3. The molecule has 3 aliphatic carbocycles. The molecule has 6 N–H and O–H groups in total. The number of Topliss-reactive ketones (excluding diaryl/α,β-unsaturated/α-hetero) is 1. The van der Waals surface area contributed by atoms with Gasteiger partial charge in [-0.1, -0.05) is 261 Å². The van der Waals surface area contributed by atoms with Gasteiger partial charge in [0.1, 0.15) is 34.1 Å². The summed E-state index contributed by atoms with van der Waals surface area (Å²) in [4.78, 5) is 111. The van der Waals surface area contributed by atoms with E-state index in [9.17, 15) is 38.4 Å². The number of amides is 3. The molecule has 28 heteroatoms. The monoisotopic (exact) mass is 1940 g/mol. The lowest BCUT2D eigenvalue weighted by Gasteiger charge is -2.44. The lowest BCUT2D eigenvalue weighted by Crippen LogP contribution is -2.50. The molecule has 5 aliphatic rings. The number of esters is 3. The van der Waals surface area contributed by atoms with Crippen molar-refractivity contribution in [2.24, 2.45) is 15.7 Å². The lowest BCUT2D eigenvalue weighted by molar-refractivity contribution is -0.139. The summed E-state index contributed by atoms with van der Waals surface area (Å²) >= 11 is 30.9. The number of carboxylic acid groups (broad SMARTS) is 1. The van der Waals surface area contributed by atoms with Gasteiger partial charge in [0.15, 0.2) is 6.04 Å². The van der Waals surface area contributed by atoms with E-state index in [1.54, 1.807) is 99.6 Å². The number of aliphatic imine (C=N–C) groups is 2. The van der Waals surface area contributed by atoms with E-state index in [-0.39, 0.29) is 70.8 Å². The third-order valence-corrected chi connectivity index (χ3v) is 24.7. The number of hydrogen-bond donors (Lipinski definition) is 5. The lowest BCUT2D eigenvalue weighted by atomic mass is 9.80. The summed E-state index contributed by atoms with van der Waals surface area (Å²) in [5.74, 6) is -1.74. The zero-order chi connectivity index (χ0) is 91.8. The Balaban J connectivity index is 0.000000226. The molecule has 3 fully saturated rings. The smallest absolute Gasteiger partial charge is 0.479 e. The summed E-state index contributed by atoms with van der Waals surface area (Å²) < 4.78 is 21.2. The zero-order valence-electron chi connectivity index (χ0n) is 73.1. The first kappa shape index (κ1) is 105. The number of aliphatic carboxylic acids is 1. The van der Waals surface area contributed by atoms with Crippen LogP contribution in [-0.2, 0) is 38.1 Å². The van der Waals surface area contributed by atoms with Crippen molar-refractivity contribution < 1.29 is 72.5 Å². The van der Waals surface area contributed by atoms with Crippen molar-refractivity contribution in [3.05, 3.63) is 261 Å². The number of ketones is 1. The van der Waals surface area contributed by atoms with Crippen molar-refractivity contribution in [3.8, 4) is 11.1 Å². The molecule has 8 aromatic carbocycles. The second-order valence-electron chi connectivity index (χ2n) is 32.5. The van der Waals surface area contributed by atoms with Crippen LogP contribution in [0.4, 0.5) is 4.79 Å². The van der Waals surface area contributed by atoms with Crippen molar-refractivity contribution >= 4 is 150 Å². The predicted octanol–water partition coefficient (Wildman–Crippen LogP) is 23.7. The van der Waals surface area contributed by atoms with Gasteiger partial charge in [-0.15, -0.1) is 0 Å². The van der Waals surface area contributed by atoms with E-state index in [2.05, 4.69) is 72.5 Å². The normalized spacial score (nSPS) is 15.7. The summed E-state index contributed by atoms with van der Waals surface area (Å²) in [6.07, 6.45) is 23.5. The van der Waals surface area contributed by atoms with Crippen molar-refractivity contribution in [1.29, 1.82) is 0 Å². The third kappa shape index (κ3) is 29.7. The molecule has 3 saturated carbocycles. The quantitative estimate of drug-likeness (QED) is 0.0213. The molecule has 0 aromatic heterocycles. The topological polar surface area (TPSA) is 303 Å². The van der Waals surface area contributed by atoms with Crippen LogP contribution in [0.3, 0.4) is 0 Å². The number of ether oxygens (including phenoxy) is 4. The van der Waals surface area contributed by atoms with Gasteiger partial charge in [-0.2, -0.15) is 0 Å². The largest absolute Gasteiger partial charge is 0.491 e. The number of nitrogens with one attached hydrogen (secondary N) is 1. The number of hydrogen-bond acceptors (Lipinski definition) is 17. The molecule has 1 unspecified atom stereocenters. The van der Waals surface area contributed by atoms with E-state index in [0.29, 0.717) is 49.5 Å². The second-order valence-corrected chi connectivity index (χ2v) is 36.0. The van der Waals surface area contributed by atoms with Gasteiger partial charge in [0.25, 0.3) is 11.8 Å². The summed E-state index contributed by atoms with van der Waals surface area (Å²) in [5.41, 5.74) is 14.0. The van der Waals surface area contributed by atoms with Crippen LogP contribution in [0, 0.1) is 0 Å². The first-order valence-corrected chi connectivity index (χ1v) is 46.1. The van der Waals surface area contributed by atoms with Gasteiger partial charge in [0.05, 0.1) is 50.1 Å². The number of rotatable bonds is 24. The van der Waals surface area contributed by atoms with Crippen molar-refractivity contribution in [2.75, 3.05) is 21.3 Å². The summed E-state index contributed by atoms with van der Waals surface area (Å²) in [5, 5.41) is 30.7. The van der Waals surface area contributed by atoms with Crippen molar-refractivity contribution in [3.63, 3.8) is 0 Å². The molecule has 680 valence electrons. The highest BCUT2D eigenvalue weighted by atomic mass is 79.9. The molecule has 127 heavy (non-hydrogen) atoms. The van der Waals surface area contributed by atoms with E-state index in [4.69, 9.17) is 91.5 Å². The maximum Gasteiger partial charge on any atom is 0.491 e. The Labute approximate surface area is 785 Å². The third-order valence-electron chi connectivity index (χ3n) is 22.3. The molecule has 3 amide bonds. The highest BCUT2D eigenvalue weighted by Crippen LogP contribution is 2.48. The van der Waals surface area contributed by atoms with Crippen LogP contribution in [0.25, 0.3) is 11.1 Å². The Morgan fingerprint density at radius 3 is 1.17 bits per heavy atom. The van der Waals surface area contributed by atoms with Gasteiger partial charge in [0.2, 0.25) is 0 Å². The van der Waals surface area contributed by atoms with E-state index in [1.165, 1.54) is 34.2 Å². The first-order valence-electron chi connectivity index (χ1n) is 43.0. The SMILES string of the molecule is C.CC(C)(C)OC(=O)NC(C(=O)O)c1ccc(Br)cc1.CCCC[C@@H](N)c1ccc(C(=O)OC)cc1.CCCC[C@H](c1ccc(C(=O)OC)cc1)N1C(=O)C(c2ccc(-c3c(Cl)cccc3Cl)cc2)=NC12CCCCC2.CCCC[C@H](c1ccc(C(=O)OC)cc1)N1C(=O)C(c2ccc(Br)cc2)=NC12CCCCC2.O=C1CCCCC1.OB(O)c1c(Cl)cccc1Cl. The zero-order valence-corrected chi connectivity index (χ0v) is 79.2. The van der Waals surface area contributed by atoms with E-state index in [0.717, 1.165) is 189 Å². The Morgan fingerprint density at radius 2 is 0.827 bits per heavy atom. The fourth-order valence-electron chi connectivity index (χ4n) is 15.8. The predicted molar refractivity (Wildman–Crippen MR) is 514 cm³/mol. The van der Waals surface area contributed by atoms with Crippen LogP contribution < -0.4 is 16.5 Å². The number of alkyl carbamates (subject to hydrolysis) is 1. The van der Waals surface area contributed by atoms with Crippen LogP contribution >= 0.6 is 78.3 Å². The molecular weight excluding hydrogens is 1830 g/mol. The van der Waals surface area contributed by atoms with E-state index >= 15 is 0 Å². The molecule has 8 aromatic rings. The summed E-state index contributed by atoms with van der Waals surface area (Å²) in [7, 11) is 2.53. The van der Waals surface area contributed by atoms with Crippen LogP contribution in [0.2, 0.25) is 20.1 Å². The molecule has 4 atom stereocenters. The van der Waals surface area contributed by atoms with E-state index < -0.39 is 42.1 Å². The average molecular weight is 1950 g/mol. The molecule has 0 bridgehead atoms. The van der Waals surface area contributed by atoms with Gasteiger partial charge in [0, 0.05) is 70.1 Å². The Bertz CT molecular complexity index is 4960. The molecule has 0 saturated heterocycles. The maximum atomic E-state index is 14.3. The second kappa shape index (κ2) is 51.4. The van der Waals surface area contributed by atoms with Crippen LogP contribution in [0.5, 0.6) is 0 Å². The van der Waals surface area contributed by atoms with E-state index in [1.807, 2.05) is 103 Å². The van der Waals surface area contributed by atoms with Gasteiger partial charge in [-0.3, -0.25) is 24.4 Å². The molecule has 0 radical (unpaired) electrons. The Hall–Kier alpha value is -9.08. The number of nitrogens with zero attached hydrogens (tertiary/aromatic N) is 4. The van der Waals surface area contributed by atoms with Gasteiger partial charge >= 0.3 is 37.1 Å². The number of benzene rings is 8. The Morgan fingerprint density at radius 1 is 0.488 bits per heavy atom. The average Bonchev–Trinajstić information content (AvgIpc) is 1.59. The first-order chi connectivity index (χ1) is 60.3. The van der Waals surface area contributed by atoms with Gasteiger partial charge < -0.3 is 55.0 Å². The van der Waals surface area contributed by atoms with Crippen molar-refractivity contribution in [1.82, 2.24) is 15.1 Å². The summed E-state index contributed by atoms with van der Waals surface area (Å²) in [6, 6.07) is 53.5. The van der Waals surface area contributed by atoms with Crippen LogP contribution in [0.15, 0.2) is 201 Å². The number of carbonyl (C=O) groups is 8. The van der Waals surface area contributed by atoms with Crippen LogP contribution in [0.1, 0.15) is 292 Å². The number of carboxylic acids is 1. The number of nitrogens with two attached hydrogens (primary N) is 1. The standard InChI is InChI=1S/C33H34Cl2N2O3.C27H31BrN2O3.C13H16BrNO4.C13H19NO2.C6H5BCl2O2.C6H10O.CH4/c1-3-4-11-28(22-12-18-25(19-13-22)32(39)40-2)37-31(38)30(36-33(37)20-6-5-7-21-33)24-16-14-23(15-17-24)29-26(34)9-8-10-27(29)35;1-3-4-8-23(19-9-11-21(12-10-19)26(32)33-2)30-25(31)24(20-13-15-22(28)16-14-20)29-27(30)17-6-5-7-18-27;1-13(2,3)19-12(18)15-10(11(16)17)8-4-6-9(14)7-5-8;1-3-4-5-12(14)10-6-8-11(9-7-10)13(15)16-2;8-4-2-1-3-5(9)6(4)7(10)11;7-6-4-2-1-3-5-6;/h8-10,12-19,28H,3-7,11,20-21H2,1-2H3;9-16,23H,3-8,17-18H2,1-2H3;4-7,10H,1-3H3,(H,15,18)(H,16,17);6-9,12H,3-5,14H2,1-2H3;1-3,10-11H;1-5H2;1H4/t28-;23-;;12-;;;/m11.1.../s1. The highest BCUT2D eigenvalue weighted by molar-refractivity contribution is 9.10. The van der Waals surface area contributed by atoms with Gasteiger partial charge in [-0.25, -0.2) is 24.0 Å². The molecule has 2 spiro atoms. The highest BCUT2D eigenvalue weighted by Gasteiger charge is 2.52. The fraction of sp³-hybridized carbons (Fsp3) is 0.414. The van der Waals surface area contributed by atoms with Gasteiger partial charge in [-0.05, 0) is 217 Å². The summed E-state index contributed by atoms with van der Waals surface area (Å²) in [6.45, 7) is 11.6. The molecule has 21 nitrogen and oxygen atoms in total. The van der Waals surface area contributed by atoms with Crippen molar-refractivity contribution in [2.45, 2.75) is 244 Å². The molecule has 2 heterocycles. The minimum Gasteiger partial charge on any atom is -0.479 e. The molecular formula is C99H119BBr2Cl4N6O15. The molecule has 2 aliphatic heterocycles. The number of methoxy groups -OCH3 is 3. The minimum atomic E-state index is -1.61. The van der Waals surface area contributed by atoms with Crippen LogP contribution in [-0.4, -0.2) is 129 Å². The Kier molecular flexibility index (Phi) is 42.4. The maximum absolute atomic E-state index is 14.3. The molecule has 13 rings (SSSR count). The fourth-order valence-corrected chi connectivity index (χ4v) is 17.6.